The quantitative estimate of drug-likeness (QED) is 0.787. The summed E-state index contributed by atoms with van der Waals surface area (Å²) in [6.45, 7) is 1.88. The van der Waals surface area contributed by atoms with Crippen molar-refractivity contribution in [1.29, 1.82) is 0 Å². The van der Waals surface area contributed by atoms with Gasteiger partial charge < -0.3 is 10.3 Å². The largest absolute Gasteiger partial charge is 0.339 e. The molecule has 1 aromatic heterocycles. The van der Waals surface area contributed by atoms with Crippen LogP contribution >= 0.6 is 0 Å². The number of nitrogens with zero attached hydrogens (tertiary/aromatic N) is 2. The summed E-state index contributed by atoms with van der Waals surface area (Å²) in [6.07, 6.45) is 6.18. The Morgan fingerprint density at radius 1 is 1.25 bits per heavy atom. The molecule has 0 amide bonds. The normalized spacial score (nSPS) is 38.6. The van der Waals surface area contributed by atoms with Gasteiger partial charge in [-0.2, -0.15) is 4.98 Å². The zero-order valence-corrected chi connectivity index (χ0v) is 9.72. The van der Waals surface area contributed by atoms with Crippen LogP contribution in [0.5, 0.6) is 0 Å². The third kappa shape index (κ3) is 1.65. The highest BCUT2D eigenvalue weighted by Crippen LogP contribution is 2.45. The number of fused-ring (bicyclic) bond motifs is 2. The highest BCUT2D eigenvalue weighted by Gasteiger charge is 2.40. The Kier molecular flexibility index (Phi) is 2.46. The molecule has 2 aliphatic carbocycles. The third-order valence-electron chi connectivity index (χ3n) is 4.31. The third-order valence-corrected chi connectivity index (χ3v) is 4.31. The molecular formula is C12H19N3O. The summed E-state index contributed by atoms with van der Waals surface area (Å²) in [4.78, 5) is 4.37. The Morgan fingerprint density at radius 3 is 2.50 bits per heavy atom. The minimum atomic E-state index is 0.411. The molecule has 4 heteroatoms. The first-order chi connectivity index (χ1) is 7.74. The van der Waals surface area contributed by atoms with Crippen LogP contribution in [0, 0.1) is 18.8 Å². The molecule has 88 valence electrons. The SMILES string of the molecule is Cc1noc(C2CC3CCCC(C2)C3N)n1. The predicted molar refractivity (Wildman–Crippen MR) is 59.8 cm³/mol. The van der Waals surface area contributed by atoms with Crippen molar-refractivity contribution in [3.05, 3.63) is 11.7 Å². The Bertz CT molecular complexity index is 362. The average Bonchev–Trinajstić information content (AvgIpc) is 2.64. The van der Waals surface area contributed by atoms with Gasteiger partial charge in [-0.1, -0.05) is 11.6 Å². The first-order valence-electron chi connectivity index (χ1n) is 6.30. The summed E-state index contributed by atoms with van der Waals surface area (Å²) in [7, 11) is 0. The van der Waals surface area contributed by atoms with E-state index in [9.17, 15) is 0 Å². The average molecular weight is 221 g/mol. The van der Waals surface area contributed by atoms with Crippen LogP contribution < -0.4 is 5.73 Å². The lowest BCUT2D eigenvalue weighted by molar-refractivity contribution is 0.122. The lowest BCUT2D eigenvalue weighted by atomic mass is 9.65. The van der Waals surface area contributed by atoms with E-state index in [0.717, 1.165) is 24.6 Å². The van der Waals surface area contributed by atoms with Gasteiger partial charge >= 0.3 is 0 Å². The van der Waals surface area contributed by atoms with Gasteiger partial charge in [-0.05, 0) is 44.4 Å². The summed E-state index contributed by atoms with van der Waals surface area (Å²) in [5.74, 6) is 3.38. The number of hydrogen-bond acceptors (Lipinski definition) is 4. The van der Waals surface area contributed by atoms with Crippen LogP contribution in [0.3, 0.4) is 0 Å². The Balaban J connectivity index is 1.79. The van der Waals surface area contributed by atoms with Crippen LogP contribution in [0.25, 0.3) is 0 Å². The number of hydrogen-bond donors (Lipinski definition) is 1. The molecule has 4 nitrogen and oxygen atoms in total. The minimum absolute atomic E-state index is 0.411. The van der Waals surface area contributed by atoms with Crippen LogP contribution in [0.2, 0.25) is 0 Å². The first-order valence-corrected chi connectivity index (χ1v) is 6.30. The van der Waals surface area contributed by atoms with Crippen LogP contribution in [0.15, 0.2) is 4.52 Å². The van der Waals surface area contributed by atoms with E-state index < -0.39 is 0 Å². The second-order valence-corrected chi connectivity index (χ2v) is 5.38. The van der Waals surface area contributed by atoms with Crippen molar-refractivity contribution in [1.82, 2.24) is 10.1 Å². The summed E-state index contributed by atoms with van der Waals surface area (Å²) in [5, 5.41) is 3.89. The maximum absolute atomic E-state index is 6.26. The second kappa shape index (κ2) is 3.84. The van der Waals surface area contributed by atoms with Gasteiger partial charge in [0.2, 0.25) is 5.89 Å². The number of aromatic nitrogens is 2. The Hall–Kier alpha value is -0.900. The van der Waals surface area contributed by atoms with Gasteiger partial charge in [0.05, 0.1) is 0 Å². The fourth-order valence-corrected chi connectivity index (χ4v) is 3.47. The predicted octanol–water partition coefficient (Wildman–Crippen LogP) is 2.00. The molecule has 0 saturated heterocycles. The van der Waals surface area contributed by atoms with Crippen molar-refractivity contribution < 1.29 is 4.52 Å². The van der Waals surface area contributed by atoms with E-state index in [4.69, 9.17) is 10.3 Å². The van der Waals surface area contributed by atoms with E-state index in [0.29, 0.717) is 23.8 Å². The highest BCUT2D eigenvalue weighted by atomic mass is 16.5. The van der Waals surface area contributed by atoms with Gasteiger partial charge in [-0.25, -0.2) is 0 Å². The maximum Gasteiger partial charge on any atom is 0.229 e. The van der Waals surface area contributed by atoms with E-state index in [1.54, 1.807) is 0 Å². The van der Waals surface area contributed by atoms with Crippen molar-refractivity contribution in [2.45, 2.75) is 51.0 Å². The molecule has 0 aliphatic heterocycles. The molecular weight excluding hydrogens is 202 g/mol. The molecule has 3 rings (SSSR count). The Morgan fingerprint density at radius 2 is 1.94 bits per heavy atom. The standard InChI is InChI=1S/C12H19N3O/c1-7-14-12(16-15-7)10-5-8-3-2-4-9(6-10)11(8)13/h8-11H,2-6,13H2,1H3. The van der Waals surface area contributed by atoms with Gasteiger partial charge in [0.1, 0.15) is 0 Å². The number of nitrogens with two attached hydrogens (primary N) is 1. The van der Waals surface area contributed by atoms with Crippen LogP contribution in [-0.2, 0) is 0 Å². The first kappa shape index (κ1) is 10.3. The maximum atomic E-state index is 6.26. The van der Waals surface area contributed by atoms with Crippen LogP contribution in [0.4, 0.5) is 0 Å². The summed E-state index contributed by atoms with van der Waals surface area (Å²) in [6, 6.07) is 0.411. The lowest BCUT2D eigenvalue weighted by Crippen LogP contribution is -2.45. The van der Waals surface area contributed by atoms with Crippen LogP contribution in [-0.4, -0.2) is 16.2 Å². The van der Waals surface area contributed by atoms with E-state index in [1.165, 1.54) is 19.3 Å². The molecule has 2 saturated carbocycles. The highest BCUT2D eigenvalue weighted by molar-refractivity contribution is 5.02. The van der Waals surface area contributed by atoms with Crippen molar-refractivity contribution >= 4 is 0 Å². The zero-order valence-electron chi connectivity index (χ0n) is 9.72. The summed E-state index contributed by atoms with van der Waals surface area (Å²) in [5.41, 5.74) is 6.26. The van der Waals surface area contributed by atoms with Gasteiger partial charge in [0.15, 0.2) is 5.82 Å². The molecule has 16 heavy (non-hydrogen) atoms. The van der Waals surface area contributed by atoms with Crippen molar-refractivity contribution in [2.24, 2.45) is 17.6 Å². The molecule has 2 bridgehead atoms. The minimum Gasteiger partial charge on any atom is -0.339 e. The van der Waals surface area contributed by atoms with Gasteiger partial charge in [0, 0.05) is 12.0 Å². The van der Waals surface area contributed by atoms with Gasteiger partial charge in [0.25, 0.3) is 0 Å². The topological polar surface area (TPSA) is 64.9 Å². The van der Waals surface area contributed by atoms with E-state index >= 15 is 0 Å². The monoisotopic (exact) mass is 221 g/mol. The molecule has 0 radical (unpaired) electrons. The molecule has 1 heterocycles. The summed E-state index contributed by atoms with van der Waals surface area (Å²) >= 11 is 0. The zero-order chi connectivity index (χ0) is 11.1. The van der Waals surface area contributed by atoms with Crippen molar-refractivity contribution in [3.63, 3.8) is 0 Å². The number of rotatable bonds is 1. The van der Waals surface area contributed by atoms with Crippen molar-refractivity contribution in [3.8, 4) is 0 Å². The van der Waals surface area contributed by atoms with Gasteiger partial charge in [-0.15, -0.1) is 0 Å². The fourth-order valence-electron chi connectivity index (χ4n) is 3.47. The fraction of sp³-hybridized carbons (Fsp3) is 0.833. The molecule has 2 fully saturated rings. The van der Waals surface area contributed by atoms with Crippen LogP contribution in [0.1, 0.15) is 49.7 Å². The molecule has 1 aromatic rings. The van der Waals surface area contributed by atoms with Crippen molar-refractivity contribution in [2.75, 3.05) is 0 Å². The van der Waals surface area contributed by atoms with Gasteiger partial charge in [-0.3, -0.25) is 0 Å². The van der Waals surface area contributed by atoms with E-state index in [-0.39, 0.29) is 0 Å². The molecule has 2 unspecified atom stereocenters. The molecule has 2 aliphatic rings. The molecule has 0 spiro atoms. The van der Waals surface area contributed by atoms with E-state index in [2.05, 4.69) is 10.1 Å². The molecule has 2 N–H and O–H groups in total. The Labute approximate surface area is 95.6 Å². The lowest BCUT2D eigenvalue weighted by Gasteiger charge is -2.43. The smallest absolute Gasteiger partial charge is 0.229 e. The molecule has 2 atom stereocenters. The second-order valence-electron chi connectivity index (χ2n) is 5.38. The number of aryl methyl sites for hydroxylation is 1. The molecule has 0 aromatic carbocycles. The summed E-state index contributed by atoms with van der Waals surface area (Å²) < 4.78 is 5.30. The van der Waals surface area contributed by atoms with E-state index in [1.807, 2.05) is 6.92 Å².